The Morgan fingerprint density at radius 1 is 1.40 bits per heavy atom. The van der Waals surface area contributed by atoms with Gasteiger partial charge in [0, 0.05) is 12.2 Å². The van der Waals surface area contributed by atoms with E-state index in [1.807, 2.05) is 25.1 Å². The number of anilines is 2. The molecule has 0 unspecified atom stereocenters. The van der Waals surface area contributed by atoms with Crippen molar-refractivity contribution >= 4 is 44.8 Å². The highest BCUT2D eigenvalue weighted by Gasteiger charge is 2.11. The molecule has 0 aliphatic heterocycles. The lowest BCUT2D eigenvalue weighted by molar-refractivity contribution is 0.102. The van der Waals surface area contributed by atoms with Crippen LogP contribution in [0.1, 0.15) is 17.3 Å². The predicted molar refractivity (Wildman–Crippen MR) is 85.5 cm³/mol. The zero-order chi connectivity index (χ0) is 14.5. The maximum atomic E-state index is 12.3. The van der Waals surface area contributed by atoms with Crippen LogP contribution in [0.15, 0.2) is 41.0 Å². The van der Waals surface area contributed by atoms with Crippen LogP contribution in [-0.4, -0.2) is 17.4 Å². The second-order valence-electron chi connectivity index (χ2n) is 4.03. The molecular weight excluding hydrogens is 342 g/mol. The molecule has 20 heavy (non-hydrogen) atoms. The van der Waals surface area contributed by atoms with E-state index in [4.69, 9.17) is 11.6 Å². The first-order valence-corrected chi connectivity index (χ1v) is 7.24. The number of halogens is 2. The van der Waals surface area contributed by atoms with E-state index in [2.05, 4.69) is 31.5 Å². The third-order valence-electron chi connectivity index (χ3n) is 2.59. The van der Waals surface area contributed by atoms with Crippen molar-refractivity contribution in [3.63, 3.8) is 0 Å². The number of amides is 1. The van der Waals surface area contributed by atoms with E-state index >= 15 is 0 Å². The molecule has 1 aromatic heterocycles. The molecule has 0 fully saturated rings. The van der Waals surface area contributed by atoms with Gasteiger partial charge in [0.05, 0.1) is 21.9 Å². The SMILES string of the molecule is CCNc1ccccc1C(=O)Nc1cnc(Cl)c(Br)c1. The number of carbonyl (C=O) groups excluding carboxylic acids is 1. The number of nitrogens with one attached hydrogen (secondary N) is 2. The Balaban J connectivity index is 2.21. The highest BCUT2D eigenvalue weighted by atomic mass is 79.9. The first kappa shape index (κ1) is 14.8. The minimum Gasteiger partial charge on any atom is -0.385 e. The summed E-state index contributed by atoms with van der Waals surface area (Å²) in [5, 5.41) is 6.31. The topological polar surface area (TPSA) is 54.0 Å². The molecule has 2 N–H and O–H groups in total. The summed E-state index contributed by atoms with van der Waals surface area (Å²) >= 11 is 9.09. The van der Waals surface area contributed by atoms with Gasteiger partial charge in [-0.2, -0.15) is 0 Å². The molecule has 0 bridgehead atoms. The average Bonchev–Trinajstić information content (AvgIpc) is 2.44. The van der Waals surface area contributed by atoms with Gasteiger partial charge in [-0.3, -0.25) is 4.79 Å². The summed E-state index contributed by atoms with van der Waals surface area (Å²) in [5.41, 5.74) is 1.96. The molecule has 0 aliphatic carbocycles. The molecule has 0 atom stereocenters. The zero-order valence-electron chi connectivity index (χ0n) is 10.8. The minimum absolute atomic E-state index is 0.197. The van der Waals surface area contributed by atoms with E-state index in [1.54, 1.807) is 12.1 Å². The molecule has 0 spiro atoms. The zero-order valence-corrected chi connectivity index (χ0v) is 13.1. The predicted octanol–water partition coefficient (Wildman–Crippen LogP) is 4.18. The van der Waals surface area contributed by atoms with Crippen molar-refractivity contribution in [3.05, 3.63) is 51.7 Å². The number of rotatable bonds is 4. The summed E-state index contributed by atoms with van der Waals surface area (Å²) in [5.74, 6) is -0.197. The first-order valence-electron chi connectivity index (χ1n) is 6.07. The Kier molecular flexibility index (Phi) is 4.98. The Labute approximate surface area is 130 Å². The van der Waals surface area contributed by atoms with Crippen molar-refractivity contribution in [2.24, 2.45) is 0 Å². The molecule has 1 amide bonds. The van der Waals surface area contributed by atoms with Crippen LogP contribution in [0.5, 0.6) is 0 Å². The number of hydrogen-bond acceptors (Lipinski definition) is 3. The van der Waals surface area contributed by atoms with E-state index in [0.29, 0.717) is 20.9 Å². The van der Waals surface area contributed by atoms with Crippen molar-refractivity contribution < 1.29 is 4.79 Å². The highest BCUT2D eigenvalue weighted by molar-refractivity contribution is 9.10. The standard InChI is InChI=1S/C14H13BrClN3O/c1-2-17-12-6-4-3-5-10(12)14(20)19-9-7-11(15)13(16)18-8-9/h3-8,17H,2H2,1H3,(H,19,20). The van der Waals surface area contributed by atoms with Gasteiger partial charge in [0.25, 0.3) is 5.91 Å². The van der Waals surface area contributed by atoms with Crippen LogP contribution < -0.4 is 10.6 Å². The van der Waals surface area contributed by atoms with Crippen molar-refractivity contribution in [2.75, 3.05) is 17.2 Å². The molecule has 1 aromatic carbocycles. The number of pyridine rings is 1. The van der Waals surface area contributed by atoms with Gasteiger partial charge in [-0.05, 0) is 41.1 Å². The Bertz CT molecular complexity index is 634. The molecule has 0 saturated heterocycles. The lowest BCUT2D eigenvalue weighted by atomic mass is 10.1. The van der Waals surface area contributed by atoms with Crippen molar-refractivity contribution in [1.29, 1.82) is 0 Å². The number of nitrogens with zero attached hydrogens (tertiary/aromatic N) is 1. The summed E-state index contributed by atoms with van der Waals surface area (Å²) in [4.78, 5) is 16.3. The summed E-state index contributed by atoms with van der Waals surface area (Å²) in [6.07, 6.45) is 1.51. The second-order valence-corrected chi connectivity index (χ2v) is 5.24. The Morgan fingerprint density at radius 3 is 2.85 bits per heavy atom. The number of para-hydroxylation sites is 1. The van der Waals surface area contributed by atoms with Crippen LogP contribution in [0.3, 0.4) is 0 Å². The van der Waals surface area contributed by atoms with E-state index in [-0.39, 0.29) is 5.91 Å². The van der Waals surface area contributed by atoms with E-state index in [9.17, 15) is 4.79 Å². The molecule has 6 heteroatoms. The summed E-state index contributed by atoms with van der Waals surface area (Å²) in [7, 11) is 0. The molecule has 1 heterocycles. The first-order chi connectivity index (χ1) is 9.61. The van der Waals surface area contributed by atoms with E-state index in [1.165, 1.54) is 6.20 Å². The quantitative estimate of drug-likeness (QED) is 0.810. The van der Waals surface area contributed by atoms with Gasteiger partial charge < -0.3 is 10.6 Å². The summed E-state index contributed by atoms with van der Waals surface area (Å²) < 4.78 is 0.636. The van der Waals surface area contributed by atoms with Gasteiger partial charge in [-0.1, -0.05) is 23.7 Å². The third-order valence-corrected chi connectivity index (χ3v) is 3.73. The number of aromatic nitrogens is 1. The van der Waals surface area contributed by atoms with Crippen LogP contribution in [0.25, 0.3) is 0 Å². The van der Waals surface area contributed by atoms with Crippen LogP contribution >= 0.6 is 27.5 Å². The van der Waals surface area contributed by atoms with Gasteiger partial charge in [0.1, 0.15) is 5.15 Å². The van der Waals surface area contributed by atoms with Gasteiger partial charge >= 0.3 is 0 Å². The maximum Gasteiger partial charge on any atom is 0.257 e. The van der Waals surface area contributed by atoms with Crippen molar-refractivity contribution in [1.82, 2.24) is 4.98 Å². The lowest BCUT2D eigenvalue weighted by Gasteiger charge is -2.11. The van der Waals surface area contributed by atoms with Crippen LogP contribution in [0.2, 0.25) is 5.15 Å². The fraction of sp³-hybridized carbons (Fsp3) is 0.143. The third kappa shape index (κ3) is 3.49. The fourth-order valence-electron chi connectivity index (χ4n) is 1.71. The van der Waals surface area contributed by atoms with Crippen molar-refractivity contribution in [2.45, 2.75) is 6.92 Å². The van der Waals surface area contributed by atoms with Gasteiger partial charge in [0.15, 0.2) is 0 Å². The summed E-state index contributed by atoms with van der Waals surface area (Å²) in [6.45, 7) is 2.73. The van der Waals surface area contributed by atoms with E-state index in [0.717, 1.165) is 12.2 Å². The van der Waals surface area contributed by atoms with Gasteiger partial charge in [-0.25, -0.2) is 4.98 Å². The average molecular weight is 355 g/mol. The largest absolute Gasteiger partial charge is 0.385 e. The monoisotopic (exact) mass is 353 g/mol. The van der Waals surface area contributed by atoms with Gasteiger partial charge in [-0.15, -0.1) is 0 Å². The minimum atomic E-state index is -0.197. The lowest BCUT2D eigenvalue weighted by Crippen LogP contribution is -2.14. The highest BCUT2D eigenvalue weighted by Crippen LogP contribution is 2.24. The smallest absolute Gasteiger partial charge is 0.257 e. The fourth-order valence-corrected chi connectivity index (χ4v) is 2.17. The number of carbonyl (C=O) groups is 1. The summed E-state index contributed by atoms with van der Waals surface area (Å²) in [6, 6.07) is 9.06. The molecule has 4 nitrogen and oxygen atoms in total. The van der Waals surface area contributed by atoms with E-state index < -0.39 is 0 Å². The van der Waals surface area contributed by atoms with Crippen molar-refractivity contribution in [3.8, 4) is 0 Å². The molecule has 2 aromatic rings. The number of benzene rings is 1. The van der Waals surface area contributed by atoms with Crippen LogP contribution in [-0.2, 0) is 0 Å². The molecule has 0 radical (unpaired) electrons. The molecule has 0 saturated carbocycles. The Hall–Kier alpha value is -1.59. The molecular formula is C14H13BrClN3O. The number of hydrogen-bond donors (Lipinski definition) is 2. The molecule has 104 valence electrons. The van der Waals surface area contributed by atoms with Gasteiger partial charge in [0.2, 0.25) is 0 Å². The second kappa shape index (κ2) is 6.72. The van der Waals surface area contributed by atoms with Crippen LogP contribution in [0.4, 0.5) is 11.4 Å². The molecule has 0 aliphatic rings. The normalized spacial score (nSPS) is 10.2. The maximum absolute atomic E-state index is 12.3. The van der Waals surface area contributed by atoms with Crippen LogP contribution in [0, 0.1) is 0 Å². The Morgan fingerprint density at radius 2 is 2.15 bits per heavy atom. The molecule has 2 rings (SSSR count).